The molecular weight excluding hydrogens is 378 g/mol. The molecule has 1 amide bonds. The highest BCUT2D eigenvalue weighted by atomic mass is 19.4. The van der Waals surface area contributed by atoms with Crippen molar-refractivity contribution in [3.63, 3.8) is 0 Å². The summed E-state index contributed by atoms with van der Waals surface area (Å²) in [5, 5.41) is 8.68. The smallest absolute Gasteiger partial charge is 0.324 e. The van der Waals surface area contributed by atoms with E-state index in [1.807, 2.05) is 0 Å². The molecule has 1 N–H and O–H groups in total. The van der Waals surface area contributed by atoms with Gasteiger partial charge in [-0.1, -0.05) is 13.0 Å². The van der Waals surface area contributed by atoms with Crippen LogP contribution in [0.5, 0.6) is 0 Å². The van der Waals surface area contributed by atoms with E-state index in [0.717, 1.165) is 13.0 Å². The van der Waals surface area contributed by atoms with Crippen LogP contribution in [0.1, 0.15) is 31.4 Å². The molecule has 0 spiro atoms. The second-order valence-corrected chi connectivity index (χ2v) is 6.19. The van der Waals surface area contributed by atoms with Gasteiger partial charge in [-0.3, -0.25) is 4.79 Å². The first-order chi connectivity index (χ1) is 12.3. The minimum Gasteiger partial charge on any atom is -0.324 e. The average Bonchev–Trinajstić information content (AvgIpc) is 2.97. The minimum absolute atomic E-state index is 0.194. The van der Waals surface area contributed by atoms with E-state index < -0.39 is 47.5 Å². The van der Waals surface area contributed by atoms with E-state index in [9.17, 15) is 31.1 Å². The van der Waals surface area contributed by atoms with Crippen molar-refractivity contribution in [2.24, 2.45) is 10.2 Å². The van der Waals surface area contributed by atoms with Crippen LogP contribution in [0.25, 0.3) is 4.85 Å². The summed E-state index contributed by atoms with van der Waals surface area (Å²) in [5.41, 5.74) is -3.71. The zero-order chi connectivity index (χ0) is 20.6. The molecule has 1 aliphatic heterocycles. The zero-order valence-corrected chi connectivity index (χ0v) is 14.2. The molecule has 0 fully saturated rings. The van der Waals surface area contributed by atoms with Crippen molar-refractivity contribution < 1.29 is 31.1 Å². The second kappa shape index (κ2) is 6.83. The van der Waals surface area contributed by atoms with E-state index >= 15 is 0 Å². The van der Waals surface area contributed by atoms with Gasteiger partial charge in [0.15, 0.2) is 17.3 Å². The van der Waals surface area contributed by atoms with Crippen LogP contribution >= 0.6 is 0 Å². The molecule has 0 saturated carbocycles. The molecule has 2 rings (SSSR count). The first-order valence-electron chi connectivity index (χ1n) is 7.73. The number of carbonyl (C=O) groups is 1. The first kappa shape index (κ1) is 20.7. The van der Waals surface area contributed by atoms with Gasteiger partial charge in [-0.2, -0.15) is 36.6 Å². The molecule has 0 radical (unpaired) electrons. The van der Waals surface area contributed by atoms with Gasteiger partial charge in [0, 0.05) is 12.1 Å². The fourth-order valence-electron chi connectivity index (χ4n) is 2.59. The van der Waals surface area contributed by atoms with Crippen LogP contribution < -0.4 is 5.32 Å². The molecule has 5 nitrogen and oxygen atoms in total. The zero-order valence-electron chi connectivity index (χ0n) is 14.2. The van der Waals surface area contributed by atoms with Crippen molar-refractivity contribution in [3.8, 4) is 0 Å². The maximum atomic E-state index is 13.1. The lowest BCUT2D eigenvalue weighted by atomic mass is 9.94. The van der Waals surface area contributed by atoms with E-state index in [1.54, 1.807) is 6.92 Å². The van der Waals surface area contributed by atoms with E-state index in [4.69, 9.17) is 6.57 Å². The van der Waals surface area contributed by atoms with Gasteiger partial charge in [-0.25, -0.2) is 4.85 Å². The maximum absolute atomic E-state index is 13.1. The third kappa shape index (κ3) is 4.20. The molecule has 1 aromatic rings. The van der Waals surface area contributed by atoms with Gasteiger partial charge in [0.25, 0.3) is 5.91 Å². The number of nitrogens with zero attached hydrogens (tertiary/aromatic N) is 3. The number of amides is 1. The summed E-state index contributed by atoms with van der Waals surface area (Å²) in [4.78, 5) is 15.3. The SMILES string of the molecule is [C-]#[N+]c1cc(CC)c(NC(=O)C2(C)CC(C(F)(F)F)N=N2)cc1C(F)(F)F. The maximum Gasteiger partial charge on any atom is 0.412 e. The van der Waals surface area contributed by atoms with E-state index in [-0.39, 0.29) is 17.7 Å². The summed E-state index contributed by atoms with van der Waals surface area (Å²) in [5.74, 6) is -1.00. The number of azo groups is 1. The molecule has 11 heteroatoms. The highest BCUT2D eigenvalue weighted by Gasteiger charge is 2.51. The fraction of sp³-hybridized carbons (Fsp3) is 0.500. The molecule has 1 aliphatic rings. The number of benzene rings is 1. The summed E-state index contributed by atoms with van der Waals surface area (Å²) < 4.78 is 77.6. The van der Waals surface area contributed by atoms with Crippen LogP contribution in [-0.4, -0.2) is 23.7 Å². The van der Waals surface area contributed by atoms with Crippen LogP contribution in [0.2, 0.25) is 0 Å². The molecule has 2 unspecified atom stereocenters. The van der Waals surface area contributed by atoms with Gasteiger partial charge in [0.05, 0.1) is 12.1 Å². The number of hydrogen-bond donors (Lipinski definition) is 1. The number of anilines is 1. The Morgan fingerprint density at radius 3 is 2.41 bits per heavy atom. The van der Waals surface area contributed by atoms with Gasteiger partial charge >= 0.3 is 12.4 Å². The van der Waals surface area contributed by atoms with E-state index in [0.29, 0.717) is 6.07 Å². The predicted octanol–water partition coefficient (Wildman–Crippen LogP) is 5.30. The van der Waals surface area contributed by atoms with Crippen molar-refractivity contribution in [2.45, 2.75) is 50.6 Å². The Balaban J connectivity index is 2.36. The lowest BCUT2D eigenvalue weighted by Gasteiger charge is -2.22. The molecule has 2 atom stereocenters. The molecule has 1 heterocycles. The Bertz CT molecular complexity index is 824. The molecular formula is C16H14F6N4O. The Morgan fingerprint density at radius 2 is 1.96 bits per heavy atom. The van der Waals surface area contributed by atoms with Crippen molar-refractivity contribution >= 4 is 17.3 Å². The molecule has 0 aromatic heterocycles. The van der Waals surface area contributed by atoms with Gasteiger partial charge in [0.1, 0.15) is 0 Å². The van der Waals surface area contributed by atoms with Crippen LogP contribution in [0.15, 0.2) is 22.4 Å². The summed E-state index contributed by atoms with van der Waals surface area (Å²) in [7, 11) is 0. The van der Waals surface area contributed by atoms with Crippen LogP contribution in [0, 0.1) is 6.57 Å². The molecule has 0 saturated heterocycles. The third-order valence-corrected chi connectivity index (χ3v) is 4.15. The third-order valence-electron chi connectivity index (χ3n) is 4.15. The quantitative estimate of drug-likeness (QED) is 0.551. The van der Waals surface area contributed by atoms with Crippen molar-refractivity contribution in [3.05, 3.63) is 34.7 Å². The fourth-order valence-corrected chi connectivity index (χ4v) is 2.59. The van der Waals surface area contributed by atoms with Crippen LogP contribution in [-0.2, 0) is 17.4 Å². The minimum atomic E-state index is -4.83. The topological polar surface area (TPSA) is 58.2 Å². The standard InChI is InChI=1S/C16H14F6N4O/c1-4-8-5-11(23-3)9(15(17,18)19)6-10(8)24-13(27)14(2)7-12(25-26-14)16(20,21)22/h5-6,12H,4,7H2,1-2H3,(H,24,27). The molecule has 27 heavy (non-hydrogen) atoms. The van der Waals surface area contributed by atoms with E-state index in [2.05, 4.69) is 20.4 Å². The van der Waals surface area contributed by atoms with Crippen LogP contribution in [0.3, 0.4) is 0 Å². The number of carbonyl (C=O) groups excluding carboxylic acids is 1. The summed E-state index contributed by atoms with van der Waals surface area (Å²) in [6.07, 6.45) is -10.0. The highest BCUT2D eigenvalue weighted by Crippen LogP contribution is 2.41. The number of rotatable bonds is 3. The van der Waals surface area contributed by atoms with Crippen molar-refractivity contribution in [1.29, 1.82) is 0 Å². The Morgan fingerprint density at radius 1 is 1.33 bits per heavy atom. The van der Waals surface area contributed by atoms with Crippen molar-refractivity contribution in [1.82, 2.24) is 0 Å². The Labute approximate surface area is 150 Å². The predicted molar refractivity (Wildman–Crippen MR) is 83.4 cm³/mol. The number of aryl methyl sites for hydroxylation is 1. The van der Waals surface area contributed by atoms with Crippen molar-refractivity contribution in [2.75, 3.05) is 5.32 Å². The molecule has 1 aromatic carbocycles. The number of hydrogen-bond acceptors (Lipinski definition) is 3. The largest absolute Gasteiger partial charge is 0.412 e. The lowest BCUT2D eigenvalue weighted by molar-refractivity contribution is -0.148. The second-order valence-electron chi connectivity index (χ2n) is 6.19. The first-order valence-corrected chi connectivity index (χ1v) is 7.73. The molecule has 146 valence electrons. The number of halogens is 6. The monoisotopic (exact) mass is 392 g/mol. The Hall–Kier alpha value is -2.64. The number of nitrogens with one attached hydrogen (secondary N) is 1. The van der Waals surface area contributed by atoms with Gasteiger partial charge in [-0.05, 0) is 25.0 Å². The average molecular weight is 392 g/mol. The van der Waals surface area contributed by atoms with E-state index in [1.165, 1.54) is 0 Å². The van der Waals surface area contributed by atoms with Gasteiger partial charge in [-0.15, -0.1) is 0 Å². The highest BCUT2D eigenvalue weighted by molar-refractivity contribution is 5.99. The normalized spacial score (nSPS) is 22.6. The summed E-state index contributed by atoms with van der Waals surface area (Å²) in [6.45, 7) is 9.63. The summed E-state index contributed by atoms with van der Waals surface area (Å²) >= 11 is 0. The Kier molecular flexibility index (Phi) is 5.23. The van der Waals surface area contributed by atoms with Gasteiger partial charge in [0.2, 0.25) is 0 Å². The van der Waals surface area contributed by atoms with Gasteiger partial charge < -0.3 is 5.32 Å². The lowest BCUT2D eigenvalue weighted by Crippen LogP contribution is -2.40. The molecule has 0 aliphatic carbocycles. The summed E-state index contributed by atoms with van der Waals surface area (Å²) in [6, 6.07) is -0.530. The molecule has 0 bridgehead atoms. The van der Waals surface area contributed by atoms with Crippen LogP contribution in [0.4, 0.5) is 37.7 Å². The number of alkyl halides is 6.